The van der Waals surface area contributed by atoms with Crippen LogP contribution >= 0.6 is 0 Å². The summed E-state index contributed by atoms with van der Waals surface area (Å²) in [7, 11) is 1.76. The van der Waals surface area contributed by atoms with E-state index in [1.807, 2.05) is 37.3 Å². The SMILES string of the molecule is C/C=C(/C(=O)N(C)c1ccccc1)C(O)C1CCCCC1. The van der Waals surface area contributed by atoms with E-state index in [-0.39, 0.29) is 11.8 Å². The molecule has 3 heteroatoms. The van der Waals surface area contributed by atoms with Gasteiger partial charge in [-0.25, -0.2) is 0 Å². The Labute approximate surface area is 127 Å². The summed E-state index contributed by atoms with van der Waals surface area (Å²) in [5.41, 5.74) is 1.37. The largest absolute Gasteiger partial charge is 0.388 e. The molecule has 1 aromatic rings. The molecule has 0 bridgehead atoms. The van der Waals surface area contributed by atoms with Crippen LogP contribution in [-0.4, -0.2) is 24.2 Å². The van der Waals surface area contributed by atoms with Crippen LogP contribution in [0.2, 0.25) is 0 Å². The predicted octanol–water partition coefficient (Wildman–Crippen LogP) is 3.54. The van der Waals surface area contributed by atoms with E-state index in [4.69, 9.17) is 0 Å². The Hall–Kier alpha value is -1.61. The van der Waals surface area contributed by atoms with Crippen LogP contribution in [0.5, 0.6) is 0 Å². The van der Waals surface area contributed by atoms with Crippen LogP contribution in [0.25, 0.3) is 0 Å². The predicted molar refractivity (Wildman–Crippen MR) is 86.2 cm³/mol. The Morgan fingerprint density at radius 2 is 1.86 bits per heavy atom. The van der Waals surface area contributed by atoms with E-state index in [2.05, 4.69) is 0 Å². The maximum atomic E-state index is 12.7. The number of carbonyl (C=O) groups excluding carboxylic acids is 1. The molecule has 1 fully saturated rings. The lowest BCUT2D eigenvalue weighted by atomic mass is 9.82. The zero-order valence-electron chi connectivity index (χ0n) is 13.0. The smallest absolute Gasteiger partial charge is 0.256 e. The summed E-state index contributed by atoms with van der Waals surface area (Å²) in [5.74, 6) is 0.111. The van der Waals surface area contributed by atoms with Crippen LogP contribution in [0.4, 0.5) is 5.69 Å². The molecular weight excluding hydrogens is 262 g/mol. The first-order valence-electron chi connectivity index (χ1n) is 7.82. The molecule has 0 heterocycles. The number of allylic oxidation sites excluding steroid dienone is 1. The summed E-state index contributed by atoms with van der Waals surface area (Å²) in [4.78, 5) is 14.3. The third-order valence-electron chi connectivity index (χ3n) is 4.42. The Morgan fingerprint density at radius 3 is 2.43 bits per heavy atom. The van der Waals surface area contributed by atoms with Crippen LogP contribution in [0, 0.1) is 5.92 Å². The van der Waals surface area contributed by atoms with E-state index >= 15 is 0 Å². The number of anilines is 1. The van der Waals surface area contributed by atoms with Crippen LogP contribution < -0.4 is 4.90 Å². The molecule has 1 N–H and O–H groups in total. The standard InChI is InChI=1S/C18H25NO2/c1-3-16(17(20)14-10-6-4-7-11-14)18(21)19(2)15-12-8-5-9-13-15/h3,5,8-9,12-14,17,20H,4,6-7,10-11H2,1-2H3/b16-3+. The van der Waals surface area contributed by atoms with Gasteiger partial charge in [-0.05, 0) is 37.8 Å². The fraction of sp³-hybridized carbons (Fsp3) is 0.500. The summed E-state index contributed by atoms with van der Waals surface area (Å²) in [6.07, 6.45) is 6.70. The summed E-state index contributed by atoms with van der Waals surface area (Å²) in [6.45, 7) is 1.83. The number of amides is 1. The third-order valence-corrected chi connectivity index (χ3v) is 4.42. The summed E-state index contributed by atoms with van der Waals surface area (Å²) < 4.78 is 0. The molecule has 114 valence electrons. The minimum Gasteiger partial charge on any atom is -0.388 e. The molecule has 0 radical (unpaired) electrons. The highest BCUT2D eigenvalue weighted by Crippen LogP contribution is 2.30. The fourth-order valence-electron chi connectivity index (χ4n) is 3.09. The molecule has 1 unspecified atom stereocenters. The molecule has 1 aliphatic carbocycles. The van der Waals surface area contributed by atoms with E-state index in [0.29, 0.717) is 5.57 Å². The summed E-state index contributed by atoms with van der Waals surface area (Å²) in [5, 5.41) is 10.6. The van der Waals surface area contributed by atoms with Crippen molar-refractivity contribution in [2.45, 2.75) is 45.1 Å². The highest BCUT2D eigenvalue weighted by atomic mass is 16.3. The molecule has 0 saturated heterocycles. The first kappa shape index (κ1) is 15.8. The molecule has 1 amide bonds. The van der Waals surface area contributed by atoms with Crippen LogP contribution in [0.1, 0.15) is 39.0 Å². The summed E-state index contributed by atoms with van der Waals surface area (Å²) >= 11 is 0. The van der Waals surface area contributed by atoms with Crippen LogP contribution in [-0.2, 0) is 4.79 Å². The van der Waals surface area contributed by atoms with Crippen molar-refractivity contribution in [3.8, 4) is 0 Å². The van der Waals surface area contributed by atoms with Crippen molar-refractivity contribution in [3.63, 3.8) is 0 Å². The molecular formula is C18H25NO2. The van der Waals surface area contributed by atoms with E-state index in [1.165, 1.54) is 6.42 Å². The maximum absolute atomic E-state index is 12.7. The quantitative estimate of drug-likeness (QED) is 0.861. The number of rotatable bonds is 4. The maximum Gasteiger partial charge on any atom is 0.256 e. The Bertz CT molecular complexity index is 489. The number of nitrogens with zero attached hydrogens (tertiary/aromatic N) is 1. The zero-order valence-corrected chi connectivity index (χ0v) is 13.0. The molecule has 0 aromatic heterocycles. The van der Waals surface area contributed by atoms with Gasteiger partial charge in [0, 0.05) is 18.3 Å². The van der Waals surface area contributed by atoms with Crippen molar-refractivity contribution in [2.24, 2.45) is 5.92 Å². The van der Waals surface area contributed by atoms with E-state index in [1.54, 1.807) is 18.0 Å². The fourth-order valence-corrected chi connectivity index (χ4v) is 3.09. The van der Waals surface area contributed by atoms with E-state index < -0.39 is 6.10 Å². The molecule has 0 spiro atoms. The van der Waals surface area contributed by atoms with Crippen molar-refractivity contribution in [2.75, 3.05) is 11.9 Å². The van der Waals surface area contributed by atoms with Gasteiger partial charge in [-0.3, -0.25) is 4.79 Å². The lowest BCUT2D eigenvalue weighted by Gasteiger charge is -2.29. The summed E-state index contributed by atoms with van der Waals surface area (Å²) in [6, 6.07) is 9.55. The van der Waals surface area contributed by atoms with Crippen LogP contribution in [0.15, 0.2) is 42.0 Å². The van der Waals surface area contributed by atoms with Crippen molar-refractivity contribution in [1.29, 1.82) is 0 Å². The van der Waals surface area contributed by atoms with E-state index in [0.717, 1.165) is 31.4 Å². The van der Waals surface area contributed by atoms with Gasteiger partial charge in [0.15, 0.2) is 0 Å². The normalized spacial score (nSPS) is 18.3. The minimum atomic E-state index is -0.644. The van der Waals surface area contributed by atoms with Gasteiger partial charge in [0.25, 0.3) is 5.91 Å². The molecule has 2 rings (SSSR count). The molecule has 1 saturated carbocycles. The first-order chi connectivity index (χ1) is 10.1. The molecule has 3 nitrogen and oxygen atoms in total. The second-order valence-electron chi connectivity index (χ2n) is 5.79. The number of aliphatic hydroxyl groups excluding tert-OH is 1. The number of benzene rings is 1. The topological polar surface area (TPSA) is 40.5 Å². The third kappa shape index (κ3) is 3.73. The highest BCUT2D eigenvalue weighted by molar-refractivity contribution is 6.05. The number of likely N-dealkylation sites (N-methyl/N-ethyl adjacent to an activating group) is 1. The number of hydrogen-bond acceptors (Lipinski definition) is 2. The first-order valence-corrected chi connectivity index (χ1v) is 7.82. The monoisotopic (exact) mass is 287 g/mol. The van der Waals surface area contributed by atoms with Crippen molar-refractivity contribution >= 4 is 11.6 Å². The van der Waals surface area contributed by atoms with Crippen molar-refractivity contribution in [1.82, 2.24) is 0 Å². The second kappa shape index (κ2) is 7.41. The Morgan fingerprint density at radius 1 is 1.24 bits per heavy atom. The van der Waals surface area contributed by atoms with Crippen LogP contribution in [0.3, 0.4) is 0 Å². The zero-order chi connectivity index (χ0) is 15.2. The molecule has 1 aromatic carbocycles. The molecule has 1 aliphatic rings. The van der Waals surface area contributed by atoms with Gasteiger partial charge in [0.2, 0.25) is 0 Å². The highest BCUT2D eigenvalue weighted by Gasteiger charge is 2.29. The second-order valence-corrected chi connectivity index (χ2v) is 5.79. The van der Waals surface area contributed by atoms with Crippen molar-refractivity contribution in [3.05, 3.63) is 42.0 Å². The van der Waals surface area contributed by atoms with Gasteiger partial charge in [-0.2, -0.15) is 0 Å². The van der Waals surface area contributed by atoms with Gasteiger partial charge in [-0.15, -0.1) is 0 Å². The van der Waals surface area contributed by atoms with Gasteiger partial charge >= 0.3 is 0 Å². The average Bonchev–Trinajstić information content (AvgIpc) is 2.56. The number of para-hydroxylation sites is 1. The molecule has 21 heavy (non-hydrogen) atoms. The minimum absolute atomic E-state index is 0.109. The number of carbonyl (C=O) groups is 1. The lowest BCUT2D eigenvalue weighted by Crippen LogP contribution is -2.36. The molecule has 0 aliphatic heterocycles. The average molecular weight is 287 g/mol. The number of aliphatic hydroxyl groups is 1. The Kier molecular flexibility index (Phi) is 5.57. The van der Waals surface area contributed by atoms with Gasteiger partial charge in [0.05, 0.1) is 6.10 Å². The van der Waals surface area contributed by atoms with Gasteiger partial charge < -0.3 is 10.0 Å². The molecule has 1 atom stereocenters. The number of hydrogen-bond donors (Lipinski definition) is 1. The van der Waals surface area contributed by atoms with Gasteiger partial charge in [0.1, 0.15) is 0 Å². The van der Waals surface area contributed by atoms with Gasteiger partial charge in [-0.1, -0.05) is 43.5 Å². The van der Waals surface area contributed by atoms with E-state index in [9.17, 15) is 9.90 Å². The van der Waals surface area contributed by atoms with Crippen molar-refractivity contribution < 1.29 is 9.90 Å². The Balaban J connectivity index is 2.11. The lowest BCUT2D eigenvalue weighted by molar-refractivity contribution is -0.116.